The second-order valence-corrected chi connectivity index (χ2v) is 7.09. The SMILES string of the molecule is N=C(N=C(N)N)SCCS(=O)(=O)c1ccc(Cl)cc1. The van der Waals surface area contributed by atoms with Crippen molar-refractivity contribution >= 4 is 44.3 Å². The van der Waals surface area contributed by atoms with Gasteiger partial charge >= 0.3 is 0 Å². The molecule has 5 N–H and O–H groups in total. The fourth-order valence-electron chi connectivity index (χ4n) is 1.16. The molecule has 0 unspecified atom stereocenters. The van der Waals surface area contributed by atoms with Crippen molar-refractivity contribution in [3.63, 3.8) is 0 Å². The van der Waals surface area contributed by atoms with Gasteiger partial charge in [0, 0.05) is 10.8 Å². The van der Waals surface area contributed by atoms with Gasteiger partial charge in [-0.1, -0.05) is 23.4 Å². The average molecular weight is 321 g/mol. The van der Waals surface area contributed by atoms with Gasteiger partial charge in [-0.2, -0.15) is 4.99 Å². The lowest BCUT2D eigenvalue weighted by Crippen LogP contribution is -2.23. The Balaban J connectivity index is 2.59. The summed E-state index contributed by atoms with van der Waals surface area (Å²) in [5.41, 5.74) is 10.2. The lowest BCUT2D eigenvalue weighted by atomic mass is 10.4. The molecule has 0 aromatic heterocycles. The topological polar surface area (TPSA) is 122 Å². The Morgan fingerprint density at radius 3 is 2.42 bits per heavy atom. The minimum atomic E-state index is -3.39. The minimum Gasteiger partial charge on any atom is -0.370 e. The highest BCUT2D eigenvalue weighted by atomic mass is 35.5. The number of nitrogens with zero attached hydrogens (tertiary/aromatic N) is 1. The molecular formula is C10H13ClN4O2S2. The van der Waals surface area contributed by atoms with Crippen molar-refractivity contribution in [1.82, 2.24) is 0 Å². The number of amidine groups is 1. The molecule has 1 aromatic rings. The maximum Gasteiger partial charge on any atom is 0.193 e. The van der Waals surface area contributed by atoms with Crippen molar-refractivity contribution in [3.05, 3.63) is 29.3 Å². The number of hydrogen-bond acceptors (Lipinski definition) is 4. The third-order valence-electron chi connectivity index (χ3n) is 1.99. The van der Waals surface area contributed by atoms with E-state index in [0.717, 1.165) is 11.8 Å². The van der Waals surface area contributed by atoms with Crippen LogP contribution in [0.5, 0.6) is 0 Å². The Labute approximate surface area is 120 Å². The van der Waals surface area contributed by atoms with Gasteiger partial charge in [0.15, 0.2) is 21.0 Å². The normalized spacial score (nSPS) is 11.0. The fourth-order valence-corrected chi connectivity index (χ4v) is 3.64. The lowest BCUT2D eigenvalue weighted by molar-refractivity contribution is 0.597. The highest BCUT2D eigenvalue weighted by molar-refractivity contribution is 8.14. The van der Waals surface area contributed by atoms with E-state index in [2.05, 4.69) is 4.99 Å². The number of guanidine groups is 1. The molecule has 0 saturated carbocycles. The first-order valence-corrected chi connectivity index (χ1v) is 8.12. The van der Waals surface area contributed by atoms with Crippen molar-refractivity contribution in [2.45, 2.75) is 4.90 Å². The van der Waals surface area contributed by atoms with Crippen LogP contribution in [0.3, 0.4) is 0 Å². The van der Waals surface area contributed by atoms with E-state index in [-0.39, 0.29) is 27.5 Å². The molecule has 0 atom stereocenters. The van der Waals surface area contributed by atoms with Gasteiger partial charge in [0.25, 0.3) is 0 Å². The second kappa shape index (κ2) is 6.78. The van der Waals surface area contributed by atoms with Crippen molar-refractivity contribution in [3.8, 4) is 0 Å². The van der Waals surface area contributed by atoms with Gasteiger partial charge in [0.2, 0.25) is 0 Å². The molecular weight excluding hydrogens is 308 g/mol. The van der Waals surface area contributed by atoms with Gasteiger partial charge in [0.05, 0.1) is 10.6 Å². The van der Waals surface area contributed by atoms with Crippen molar-refractivity contribution in [2.75, 3.05) is 11.5 Å². The van der Waals surface area contributed by atoms with E-state index in [1.807, 2.05) is 0 Å². The number of nitrogens with two attached hydrogens (primary N) is 2. The summed E-state index contributed by atoms with van der Waals surface area (Å²) >= 11 is 6.65. The second-order valence-electron chi connectivity index (χ2n) is 3.46. The maximum absolute atomic E-state index is 11.9. The van der Waals surface area contributed by atoms with Crippen molar-refractivity contribution < 1.29 is 8.42 Å². The summed E-state index contributed by atoms with van der Waals surface area (Å²) in [5, 5.41) is 7.72. The zero-order chi connectivity index (χ0) is 14.5. The molecule has 0 bridgehead atoms. The molecule has 0 radical (unpaired) electrons. The molecule has 0 spiro atoms. The quantitative estimate of drug-likeness (QED) is 0.565. The molecule has 104 valence electrons. The van der Waals surface area contributed by atoms with Gasteiger partial charge in [-0.3, -0.25) is 5.41 Å². The summed E-state index contributed by atoms with van der Waals surface area (Å²) in [7, 11) is -3.39. The number of sulfone groups is 1. The highest BCUT2D eigenvalue weighted by Gasteiger charge is 2.14. The molecule has 0 aliphatic heterocycles. The van der Waals surface area contributed by atoms with E-state index in [4.69, 9.17) is 28.5 Å². The Kier molecular flexibility index (Phi) is 5.64. The largest absolute Gasteiger partial charge is 0.370 e. The summed E-state index contributed by atoms with van der Waals surface area (Å²) in [6.07, 6.45) is 0. The van der Waals surface area contributed by atoms with E-state index in [1.54, 1.807) is 0 Å². The molecule has 0 fully saturated rings. The third-order valence-corrected chi connectivity index (χ3v) is 5.01. The number of hydrogen-bond donors (Lipinski definition) is 3. The van der Waals surface area contributed by atoms with Crippen LogP contribution in [0.15, 0.2) is 34.2 Å². The van der Waals surface area contributed by atoms with Gasteiger partial charge in [-0.15, -0.1) is 0 Å². The van der Waals surface area contributed by atoms with Crippen LogP contribution in [0.2, 0.25) is 5.02 Å². The van der Waals surface area contributed by atoms with E-state index in [0.29, 0.717) is 5.02 Å². The van der Waals surface area contributed by atoms with E-state index in [1.165, 1.54) is 24.3 Å². The van der Waals surface area contributed by atoms with Crippen molar-refractivity contribution in [1.29, 1.82) is 5.41 Å². The molecule has 1 rings (SSSR count). The standard InChI is InChI=1S/C10H13ClN4O2S2/c11-7-1-3-8(4-2-7)19(16,17)6-5-18-10(14)15-9(12)13/h1-4H,5-6H2,(H5,12,13,14,15). The first-order chi connectivity index (χ1) is 8.81. The zero-order valence-electron chi connectivity index (χ0n) is 9.84. The first kappa shape index (κ1) is 15.8. The van der Waals surface area contributed by atoms with Crippen LogP contribution < -0.4 is 11.5 Å². The van der Waals surface area contributed by atoms with Gasteiger partial charge in [-0.05, 0) is 24.3 Å². The Hall–Kier alpha value is -1.25. The summed E-state index contributed by atoms with van der Waals surface area (Å²) in [5.74, 6) is -0.138. The number of aliphatic imine (C=N–C) groups is 1. The summed E-state index contributed by atoms with van der Waals surface area (Å²) in [6, 6.07) is 5.93. The number of halogens is 1. The first-order valence-electron chi connectivity index (χ1n) is 5.10. The molecule has 0 heterocycles. The Morgan fingerprint density at radius 1 is 1.32 bits per heavy atom. The Morgan fingerprint density at radius 2 is 1.89 bits per heavy atom. The summed E-state index contributed by atoms with van der Waals surface area (Å²) in [4.78, 5) is 3.69. The smallest absolute Gasteiger partial charge is 0.193 e. The molecule has 0 aliphatic carbocycles. The highest BCUT2D eigenvalue weighted by Crippen LogP contribution is 2.16. The summed E-state index contributed by atoms with van der Waals surface area (Å²) < 4.78 is 23.9. The number of nitrogens with one attached hydrogen (secondary N) is 1. The molecule has 0 aliphatic rings. The number of thioether (sulfide) groups is 1. The molecule has 0 amide bonds. The fraction of sp³-hybridized carbons (Fsp3) is 0.200. The van der Waals surface area contributed by atoms with E-state index >= 15 is 0 Å². The number of rotatable bonds is 4. The average Bonchev–Trinajstić information content (AvgIpc) is 2.28. The van der Waals surface area contributed by atoms with E-state index < -0.39 is 9.84 Å². The predicted molar refractivity (Wildman–Crippen MR) is 79.5 cm³/mol. The van der Waals surface area contributed by atoms with Gasteiger partial charge < -0.3 is 11.5 Å². The molecule has 9 heteroatoms. The van der Waals surface area contributed by atoms with Crippen LogP contribution in [-0.4, -0.2) is 31.1 Å². The van der Waals surface area contributed by atoms with Gasteiger partial charge in [0.1, 0.15) is 0 Å². The van der Waals surface area contributed by atoms with Crippen LogP contribution in [0.25, 0.3) is 0 Å². The molecule has 1 aromatic carbocycles. The van der Waals surface area contributed by atoms with Crippen LogP contribution in [0, 0.1) is 5.41 Å². The van der Waals surface area contributed by atoms with Crippen LogP contribution in [0.1, 0.15) is 0 Å². The zero-order valence-corrected chi connectivity index (χ0v) is 12.2. The van der Waals surface area contributed by atoms with Crippen LogP contribution in [0.4, 0.5) is 0 Å². The molecule has 19 heavy (non-hydrogen) atoms. The van der Waals surface area contributed by atoms with Crippen LogP contribution in [-0.2, 0) is 9.84 Å². The van der Waals surface area contributed by atoms with Crippen molar-refractivity contribution in [2.24, 2.45) is 16.5 Å². The third kappa shape index (κ3) is 5.50. The molecule has 0 saturated heterocycles. The minimum absolute atomic E-state index is 0.109. The van der Waals surface area contributed by atoms with Gasteiger partial charge in [-0.25, -0.2) is 8.42 Å². The molecule has 6 nitrogen and oxygen atoms in total. The van der Waals surface area contributed by atoms with E-state index in [9.17, 15) is 8.42 Å². The lowest BCUT2D eigenvalue weighted by Gasteiger charge is -2.04. The Bertz CT molecular complexity index is 580. The maximum atomic E-state index is 11.9. The monoisotopic (exact) mass is 320 g/mol. The van der Waals surface area contributed by atoms with Crippen LogP contribution >= 0.6 is 23.4 Å². The summed E-state index contributed by atoms with van der Waals surface area (Å²) in [6.45, 7) is 0. The number of benzene rings is 1. The predicted octanol–water partition coefficient (Wildman–Crippen LogP) is 1.06.